The number of benzene rings is 2. The number of aromatic nitrogens is 1. The van der Waals surface area contributed by atoms with Crippen molar-refractivity contribution in [2.45, 2.75) is 12.0 Å². The lowest BCUT2D eigenvalue weighted by Gasteiger charge is -2.27. The summed E-state index contributed by atoms with van der Waals surface area (Å²) in [6, 6.07) is 11.9. The minimum atomic E-state index is -2.91. The van der Waals surface area contributed by atoms with Crippen molar-refractivity contribution in [2.75, 3.05) is 7.05 Å². The van der Waals surface area contributed by atoms with Gasteiger partial charge in [0, 0.05) is 24.4 Å². The Balaban J connectivity index is 2.01. The molecule has 2 N–H and O–H groups in total. The van der Waals surface area contributed by atoms with Gasteiger partial charge in [-0.1, -0.05) is 24.3 Å². The van der Waals surface area contributed by atoms with E-state index < -0.39 is 35.2 Å². The van der Waals surface area contributed by atoms with Crippen LogP contribution >= 0.6 is 0 Å². The maximum Gasteiger partial charge on any atom is 0.280 e. The highest BCUT2D eigenvalue weighted by Crippen LogP contribution is 2.42. The van der Waals surface area contributed by atoms with E-state index in [1.165, 1.54) is 43.4 Å². The molecule has 0 saturated carbocycles. The van der Waals surface area contributed by atoms with E-state index in [0.29, 0.717) is 0 Å². The molecule has 0 radical (unpaired) electrons. The van der Waals surface area contributed by atoms with Gasteiger partial charge in [-0.3, -0.25) is 14.7 Å². The zero-order valence-electron chi connectivity index (χ0n) is 16.2. The van der Waals surface area contributed by atoms with Gasteiger partial charge in [0.25, 0.3) is 12.3 Å². The Morgan fingerprint density at radius 3 is 2.42 bits per heavy atom. The van der Waals surface area contributed by atoms with Crippen molar-refractivity contribution in [3.63, 3.8) is 0 Å². The van der Waals surface area contributed by atoms with E-state index in [2.05, 4.69) is 9.98 Å². The van der Waals surface area contributed by atoms with Crippen molar-refractivity contribution in [1.82, 2.24) is 9.88 Å². The third-order valence-electron chi connectivity index (χ3n) is 5.20. The van der Waals surface area contributed by atoms with Crippen molar-refractivity contribution in [3.05, 3.63) is 89.2 Å². The molecule has 2 aromatic carbocycles. The number of guanidine groups is 1. The minimum absolute atomic E-state index is 0.0281. The molecule has 9 heteroatoms. The number of aliphatic imine (C=N–C) groups is 1. The molecule has 0 bridgehead atoms. The van der Waals surface area contributed by atoms with Crippen LogP contribution in [0.4, 0.5) is 17.6 Å². The maximum absolute atomic E-state index is 15.1. The number of rotatable bonds is 4. The average molecular weight is 428 g/mol. The van der Waals surface area contributed by atoms with Gasteiger partial charge in [0.15, 0.2) is 11.5 Å². The summed E-state index contributed by atoms with van der Waals surface area (Å²) in [5.74, 6) is -2.32. The lowest BCUT2D eigenvalue weighted by molar-refractivity contribution is -0.129. The Morgan fingerprint density at radius 1 is 1.03 bits per heavy atom. The predicted molar refractivity (Wildman–Crippen MR) is 106 cm³/mol. The molecule has 0 saturated heterocycles. The van der Waals surface area contributed by atoms with Crippen LogP contribution < -0.4 is 5.73 Å². The SMILES string of the molecule is CN1C(=O)C(c2ccnc(C(F)F)c2)(c2cc(-c3ccccc3F)ccc2F)N=C1N. The lowest BCUT2D eigenvalue weighted by Crippen LogP contribution is -2.41. The van der Waals surface area contributed by atoms with Crippen LogP contribution in [0, 0.1) is 11.6 Å². The molecule has 31 heavy (non-hydrogen) atoms. The summed E-state index contributed by atoms with van der Waals surface area (Å²) in [5.41, 5.74) is 3.39. The molecule has 0 spiro atoms. The summed E-state index contributed by atoms with van der Waals surface area (Å²) in [4.78, 5) is 22.1. The monoisotopic (exact) mass is 428 g/mol. The normalized spacial score (nSPS) is 18.6. The summed E-state index contributed by atoms with van der Waals surface area (Å²) < 4.78 is 56.0. The Morgan fingerprint density at radius 2 is 1.77 bits per heavy atom. The van der Waals surface area contributed by atoms with E-state index >= 15 is 4.39 Å². The minimum Gasteiger partial charge on any atom is -0.369 e. The second-order valence-electron chi connectivity index (χ2n) is 6.99. The fourth-order valence-corrected chi connectivity index (χ4v) is 3.62. The highest BCUT2D eigenvalue weighted by molar-refractivity contribution is 6.09. The molecule has 1 aromatic heterocycles. The first kappa shape index (κ1) is 20.5. The molecule has 1 amide bonds. The molecule has 1 atom stereocenters. The standard InChI is InChI=1S/C22H16F4N4O/c1-30-20(31)22(29-21(30)27,13-8-9-28-18(11-13)19(25)26)15-10-12(6-7-17(15)24)14-4-2-3-5-16(14)23/h2-11,19H,1H3,(H2,27,29). The van der Waals surface area contributed by atoms with Crippen molar-refractivity contribution in [3.8, 4) is 11.1 Å². The number of nitrogens with zero attached hydrogens (tertiary/aromatic N) is 3. The Hall–Kier alpha value is -3.75. The smallest absolute Gasteiger partial charge is 0.280 e. The first-order valence-corrected chi connectivity index (χ1v) is 9.18. The molecule has 5 nitrogen and oxygen atoms in total. The van der Waals surface area contributed by atoms with Crippen LogP contribution in [0.5, 0.6) is 0 Å². The Bertz CT molecular complexity index is 1210. The molecule has 1 aliphatic rings. The van der Waals surface area contributed by atoms with Crippen LogP contribution in [0.15, 0.2) is 65.8 Å². The van der Waals surface area contributed by atoms with Gasteiger partial charge in [-0.2, -0.15) is 0 Å². The highest BCUT2D eigenvalue weighted by atomic mass is 19.3. The number of nitrogens with two attached hydrogens (primary N) is 1. The highest BCUT2D eigenvalue weighted by Gasteiger charge is 2.51. The van der Waals surface area contributed by atoms with Gasteiger partial charge in [0.2, 0.25) is 0 Å². The van der Waals surface area contributed by atoms with Crippen LogP contribution in [0.25, 0.3) is 11.1 Å². The number of likely N-dealkylation sites (N-methyl/N-ethyl adjacent to an activating group) is 1. The second-order valence-corrected chi connectivity index (χ2v) is 6.99. The molecule has 0 aliphatic carbocycles. The summed E-state index contributed by atoms with van der Waals surface area (Å²) in [7, 11) is 1.34. The lowest BCUT2D eigenvalue weighted by atomic mass is 9.81. The first-order valence-electron chi connectivity index (χ1n) is 9.18. The number of hydrogen-bond acceptors (Lipinski definition) is 4. The Kier molecular flexibility index (Phi) is 4.96. The van der Waals surface area contributed by atoms with Gasteiger partial charge in [-0.15, -0.1) is 0 Å². The van der Waals surface area contributed by atoms with Crippen molar-refractivity contribution in [2.24, 2.45) is 10.7 Å². The van der Waals surface area contributed by atoms with E-state index in [1.54, 1.807) is 6.07 Å². The molecule has 4 rings (SSSR count). The van der Waals surface area contributed by atoms with Crippen molar-refractivity contribution in [1.29, 1.82) is 0 Å². The van der Waals surface area contributed by atoms with Crippen LogP contribution in [-0.4, -0.2) is 28.8 Å². The summed E-state index contributed by atoms with van der Waals surface area (Å²) in [6.07, 6.45) is -1.82. The zero-order chi connectivity index (χ0) is 22.3. The Labute approximate surface area is 174 Å². The van der Waals surface area contributed by atoms with Crippen molar-refractivity contribution >= 4 is 11.9 Å². The van der Waals surface area contributed by atoms with Crippen LogP contribution in [0.2, 0.25) is 0 Å². The van der Waals surface area contributed by atoms with Crippen LogP contribution in [-0.2, 0) is 10.3 Å². The molecule has 158 valence electrons. The molecule has 0 fully saturated rings. The van der Waals surface area contributed by atoms with E-state index in [1.807, 2.05) is 0 Å². The second kappa shape index (κ2) is 7.50. The van der Waals surface area contributed by atoms with E-state index in [0.717, 1.165) is 23.2 Å². The van der Waals surface area contributed by atoms with Crippen LogP contribution in [0.1, 0.15) is 23.2 Å². The first-order chi connectivity index (χ1) is 14.8. The topological polar surface area (TPSA) is 71.6 Å². The van der Waals surface area contributed by atoms with E-state index in [4.69, 9.17) is 5.73 Å². The molecule has 1 aliphatic heterocycles. The largest absolute Gasteiger partial charge is 0.369 e. The van der Waals surface area contributed by atoms with Gasteiger partial charge in [-0.05, 0) is 41.5 Å². The van der Waals surface area contributed by atoms with Gasteiger partial charge in [0.05, 0.1) is 0 Å². The van der Waals surface area contributed by atoms with E-state index in [-0.39, 0.29) is 28.2 Å². The van der Waals surface area contributed by atoms with Gasteiger partial charge >= 0.3 is 0 Å². The maximum atomic E-state index is 15.1. The molecule has 1 unspecified atom stereocenters. The molecular formula is C22H16F4N4O. The molecule has 2 heterocycles. The van der Waals surface area contributed by atoms with Gasteiger partial charge in [0.1, 0.15) is 17.3 Å². The van der Waals surface area contributed by atoms with Gasteiger partial charge in [-0.25, -0.2) is 22.6 Å². The average Bonchev–Trinajstić information content (AvgIpc) is 2.99. The number of carbonyl (C=O) groups is 1. The zero-order valence-corrected chi connectivity index (χ0v) is 16.2. The number of pyridine rings is 1. The summed E-state index contributed by atoms with van der Waals surface area (Å²) >= 11 is 0. The summed E-state index contributed by atoms with van der Waals surface area (Å²) in [6.45, 7) is 0. The predicted octanol–water partition coefficient (Wildman–Crippen LogP) is 3.99. The number of carbonyl (C=O) groups excluding carboxylic acids is 1. The van der Waals surface area contributed by atoms with Gasteiger partial charge < -0.3 is 5.73 Å². The fourth-order valence-electron chi connectivity index (χ4n) is 3.62. The van der Waals surface area contributed by atoms with Crippen LogP contribution in [0.3, 0.4) is 0 Å². The number of halogens is 4. The number of amides is 1. The number of alkyl halides is 2. The third-order valence-corrected chi connectivity index (χ3v) is 5.20. The third kappa shape index (κ3) is 3.22. The summed E-state index contributed by atoms with van der Waals surface area (Å²) in [5, 5.41) is 0. The quantitative estimate of drug-likeness (QED) is 0.639. The fraction of sp³-hybridized carbons (Fsp3) is 0.136. The molecular weight excluding hydrogens is 412 g/mol. The number of hydrogen-bond donors (Lipinski definition) is 1. The molecule has 3 aromatic rings. The van der Waals surface area contributed by atoms with Crippen molar-refractivity contribution < 1.29 is 22.4 Å². The van der Waals surface area contributed by atoms with E-state index in [9.17, 15) is 18.0 Å².